The average molecular weight is 403 g/mol. The summed E-state index contributed by atoms with van der Waals surface area (Å²) in [6.07, 6.45) is 0. The summed E-state index contributed by atoms with van der Waals surface area (Å²) in [6.45, 7) is 2.05. The molecular formula is C18H18N4O3S2. The first-order valence-corrected chi connectivity index (χ1v) is 9.96. The Kier molecular flexibility index (Phi) is 5.62. The molecule has 0 aliphatic rings. The Balaban J connectivity index is 1.95. The number of nitrogens with two attached hydrogens (primary N) is 1. The number of Topliss-reactive ketones (excluding diaryl/α,β-unsaturated/α-hetero) is 1. The van der Waals surface area contributed by atoms with Crippen molar-refractivity contribution in [2.75, 3.05) is 11.5 Å². The molecule has 3 aromatic rings. The highest BCUT2D eigenvalue weighted by Gasteiger charge is 2.22. The molecule has 0 radical (unpaired) electrons. The minimum atomic E-state index is -0.678. The third-order valence-corrected chi connectivity index (χ3v) is 6.11. The molecule has 0 saturated heterocycles. The van der Waals surface area contributed by atoms with E-state index in [0.717, 1.165) is 20.2 Å². The van der Waals surface area contributed by atoms with Crippen LogP contribution in [0.3, 0.4) is 0 Å². The lowest BCUT2D eigenvalue weighted by Crippen LogP contribution is -2.43. The van der Waals surface area contributed by atoms with Gasteiger partial charge in [-0.15, -0.1) is 11.3 Å². The first-order valence-electron chi connectivity index (χ1n) is 8.10. The van der Waals surface area contributed by atoms with Crippen LogP contribution in [0.2, 0.25) is 0 Å². The molecule has 0 amide bonds. The predicted molar refractivity (Wildman–Crippen MR) is 108 cm³/mol. The summed E-state index contributed by atoms with van der Waals surface area (Å²) in [7, 11) is 1.35. The van der Waals surface area contributed by atoms with E-state index in [0.29, 0.717) is 0 Å². The van der Waals surface area contributed by atoms with Crippen molar-refractivity contribution in [1.82, 2.24) is 14.1 Å². The van der Waals surface area contributed by atoms with E-state index < -0.39 is 17.0 Å². The Bertz CT molecular complexity index is 1100. The molecule has 0 fully saturated rings. The Hall–Kier alpha value is -2.65. The van der Waals surface area contributed by atoms with Crippen LogP contribution in [0.1, 0.15) is 21.6 Å². The molecule has 0 atom stereocenters. The normalized spacial score (nSPS) is 10.9. The van der Waals surface area contributed by atoms with Crippen LogP contribution in [-0.4, -0.2) is 25.7 Å². The van der Waals surface area contributed by atoms with Gasteiger partial charge in [-0.2, -0.15) is 0 Å². The Morgan fingerprint density at radius 3 is 2.59 bits per heavy atom. The summed E-state index contributed by atoms with van der Waals surface area (Å²) in [4.78, 5) is 42.0. The van der Waals surface area contributed by atoms with E-state index >= 15 is 0 Å². The van der Waals surface area contributed by atoms with Crippen LogP contribution in [0.25, 0.3) is 0 Å². The van der Waals surface area contributed by atoms with E-state index in [2.05, 4.69) is 4.98 Å². The molecule has 2 heterocycles. The summed E-state index contributed by atoms with van der Waals surface area (Å²) in [5, 5.41) is 1.89. The van der Waals surface area contributed by atoms with Gasteiger partial charge in [-0.3, -0.25) is 18.7 Å². The lowest BCUT2D eigenvalue weighted by Gasteiger charge is -2.14. The van der Waals surface area contributed by atoms with Crippen molar-refractivity contribution in [3.8, 4) is 0 Å². The van der Waals surface area contributed by atoms with Crippen LogP contribution < -0.4 is 17.0 Å². The van der Waals surface area contributed by atoms with Crippen molar-refractivity contribution in [2.45, 2.75) is 17.8 Å². The molecule has 7 nitrogen and oxygen atoms in total. The van der Waals surface area contributed by atoms with Crippen molar-refractivity contribution in [2.24, 2.45) is 7.05 Å². The van der Waals surface area contributed by atoms with Crippen molar-refractivity contribution < 1.29 is 4.79 Å². The number of thioether (sulfide) groups is 1. The van der Waals surface area contributed by atoms with Crippen LogP contribution in [-0.2, 0) is 13.6 Å². The predicted octanol–water partition coefficient (Wildman–Crippen LogP) is 1.92. The van der Waals surface area contributed by atoms with Crippen LogP contribution in [0.5, 0.6) is 0 Å². The smallest absolute Gasteiger partial charge is 0.332 e. The second-order valence-corrected chi connectivity index (χ2v) is 8.03. The van der Waals surface area contributed by atoms with Gasteiger partial charge in [0.2, 0.25) is 0 Å². The van der Waals surface area contributed by atoms with Crippen LogP contribution in [0, 0.1) is 6.92 Å². The fourth-order valence-electron chi connectivity index (χ4n) is 2.56. The molecule has 2 aromatic heterocycles. The fraction of sp³-hybridized carbons (Fsp3) is 0.222. The second-order valence-electron chi connectivity index (χ2n) is 5.95. The van der Waals surface area contributed by atoms with Gasteiger partial charge >= 0.3 is 5.69 Å². The van der Waals surface area contributed by atoms with E-state index in [1.807, 2.05) is 42.6 Å². The number of aryl methyl sites for hydroxylation is 1. The minimum absolute atomic E-state index is 0.0237. The van der Waals surface area contributed by atoms with Gasteiger partial charge in [0.1, 0.15) is 11.4 Å². The van der Waals surface area contributed by atoms with Gasteiger partial charge in [-0.05, 0) is 12.5 Å². The number of carbonyl (C=O) groups is 1. The largest absolute Gasteiger partial charge is 0.384 e. The van der Waals surface area contributed by atoms with E-state index in [1.54, 1.807) is 0 Å². The maximum atomic E-state index is 12.7. The second kappa shape index (κ2) is 7.93. The molecule has 0 spiro atoms. The maximum absolute atomic E-state index is 12.7. The van der Waals surface area contributed by atoms with Crippen molar-refractivity contribution in [3.05, 3.63) is 73.4 Å². The number of rotatable bonds is 6. The standard InChI is InChI=1S/C18H18N4O3S2/c1-11-9-26-17(20-11)27-10-13(23)14-15(19)22(18(25)21(2)16(14)24)8-12-6-4-3-5-7-12/h3-7,9H,8,10,19H2,1-2H3. The van der Waals surface area contributed by atoms with E-state index in [-0.39, 0.29) is 23.7 Å². The van der Waals surface area contributed by atoms with E-state index in [9.17, 15) is 14.4 Å². The maximum Gasteiger partial charge on any atom is 0.332 e. The van der Waals surface area contributed by atoms with Crippen molar-refractivity contribution in [1.29, 1.82) is 0 Å². The minimum Gasteiger partial charge on any atom is -0.384 e. The van der Waals surface area contributed by atoms with Gasteiger partial charge in [0.15, 0.2) is 10.1 Å². The van der Waals surface area contributed by atoms with Gasteiger partial charge in [-0.25, -0.2) is 9.78 Å². The molecule has 2 N–H and O–H groups in total. The van der Waals surface area contributed by atoms with Crippen LogP contribution in [0.4, 0.5) is 5.82 Å². The molecular weight excluding hydrogens is 384 g/mol. The summed E-state index contributed by atoms with van der Waals surface area (Å²) in [5.41, 5.74) is 6.41. The lowest BCUT2D eigenvalue weighted by molar-refractivity contribution is 0.102. The third kappa shape index (κ3) is 4.04. The van der Waals surface area contributed by atoms with E-state index in [1.165, 1.54) is 34.7 Å². The van der Waals surface area contributed by atoms with Gasteiger partial charge in [-0.1, -0.05) is 42.1 Å². The molecule has 0 saturated carbocycles. The van der Waals surface area contributed by atoms with Crippen molar-refractivity contribution in [3.63, 3.8) is 0 Å². The Morgan fingerprint density at radius 1 is 1.26 bits per heavy atom. The Labute approximate surface area is 163 Å². The molecule has 0 unspecified atom stereocenters. The Morgan fingerprint density at radius 2 is 1.96 bits per heavy atom. The van der Waals surface area contributed by atoms with Crippen molar-refractivity contribution >= 4 is 34.7 Å². The molecule has 0 aliphatic heterocycles. The highest BCUT2D eigenvalue weighted by molar-refractivity contribution is 8.01. The zero-order valence-electron chi connectivity index (χ0n) is 14.8. The third-order valence-electron chi connectivity index (χ3n) is 3.97. The number of benzene rings is 1. The molecule has 3 rings (SSSR count). The number of hydrogen-bond donors (Lipinski definition) is 1. The van der Waals surface area contributed by atoms with Gasteiger partial charge in [0.25, 0.3) is 5.56 Å². The SMILES string of the molecule is Cc1csc(SCC(=O)c2c(N)n(Cc3ccccc3)c(=O)n(C)c2=O)n1. The molecule has 0 bridgehead atoms. The van der Waals surface area contributed by atoms with Gasteiger partial charge in [0.05, 0.1) is 12.3 Å². The summed E-state index contributed by atoms with van der Waals surface area (Å²) < 4.78 is 2.92. The number of hydrogen-bond acceptors (Lipinski definition) is 7. The molecule has 0 aliphatic carbocycles. The van der Waals surface area contributed by atoms with Crippen LogP contribution in [0.15, 0.2) is 49.6 Å². The molecule has 27 heavy (non-hydrogen) atoms. The first-order chi connectivity index (χ1) is 12.9. The molecule has 140 valence electrons. The highest BCUT2D eigenvalue weighted by Crippen LogP contribution is 2.23. The monoisotopic (exact) mass is 402 g/mol. The van der Waals surface area contributed by atoms with Crippen LogP contribution >= 0.6 is 23.1 Å². The number of anilines is 1. The number of carbonyl (C=O) groups excluding carboxylic acids is 1. The number of aromatic nitrogens is 3. The lowest BCUT2D eigenvalue weighted by atomic mass is 10.2. The summed E-state index contributed by atoms with van der Waals surface area (Å²) in [6, 6.07) is 9.25. The average Bonchev–Trinajstić information content (AvgIpc) is 3.08. The number of nitrogens with zero attached hydrogens (tertiary/aromatic N) is 3. The number of thiazole rings is 1. The zero-order valence-corrected chi connectivity index (χ0v) is 16.5. The fourth-order valence-corrected chi connectivity index (χ4v) is 4.28. The topological polar surface area (TPSA) is 100.0 Å². The summed E-state index contributed by atoms with van der Waals surface area (Å²) in [5.74, 6) is -0.503. The number of ketones is 1. The van der Waals surface area contributed by atoms with E-state index in [4.69, 9.17) is 5.73 Å². The number of nitrogen functional groups attached to an aromatic ring is 1. The van der Waals surface area contributed by atoms with Gasteiger partial charge < -0.3 is 5.73 Å². The highest BCUT2D eigenvalue weighted by atomic mass is 32.2. The first kappa shape index (κ1) is 19.1. The summed E-state index contributed by atoms with van der Waals surface area (Å²) >= 11 is 2.68. The molecule has 1 aromatic carbocycles. The quantitative estimate of drug-likeness (QED) is 0.499. The zero-order chi connectivity index (χ0) is 19.6. The van der Waals surface area contributed by atoms with Gasteiger partial charge in [0, 0.05) is 18.1 Å². The molecule has 9 heteroatoms.